The number of unbranched alkanes of at least 4 members (excludes halogenated alkanes) is 3. The largest absolute Gasteiger partial charge is 0.309 e. The number of nitrogens with one attached hydrogen (secondary N) is 1. The van der Waals surface area contributed by atoms with E-state index in [1.54, 1.807) is 0 Å². The third-order valence-corrected chi connectivity index (χ3v) is 4.01. The molecule has 106 valence electrons. The standard InChI is InChI=1S/C17H28N2/c1-2-3-4-8-13-19-14-9-12-18-17(15-19)16-10-6-5-7-11-16/h5-7,10-11,17-18H,2-4,8-9,12-15H2,1H3. The third kappa shape index (κ3) is 4.96. The second-order valence-electron chi connectivity index (χ2n) is 5.63. The van der Waals surface area contributed by atoms with E-state index in [1.807, 2.05) is 0 Å². The van der Waals surface area contributed by atoms with Gasteiger partial charge in [-0.15, -0.1) is 0 Å². The van der Waals surface area contributed by atoms with Crippen molar-refractivity contribution in [2.24, 2.45) is 0 Å². The highest BCUT2D eigenvalue weighted by Gasteiger charge is 2.18. The normalized spacial score (nSPS) is 21.2. The van der Waals surface area contributed by atoms with E-state index in [1.165, 1.54) is 50.8 Å². The topological polar surface area (TPSA) is 15.3 Å². The average Bonchev–Trinajstić information content (AvgIpc) is 2.70. The molecule has 0 saturated carbocycles. The molecule has 1 unspecified atom stereocenters. The molecule has 1 aliphatic rings. The number of benzene rings is 1. The van der Waals surface area contributed by atoms with Gasteiger partial charge in [0.15, 0.2) is 0 Å². The van der Waals surface area contributed by atoms with Crippen LogP contribution in [0.2, 0.25) is 0 Å². The first-order valence-electron chi connectivity index (χ1n) is 7.91. The van der Waals surface area contributed by atoms with Gasteiger partial charge in [0, 0.05) is 12.6 Å². The van der Waals surface area contributed by atoms with Crippen molar-refractivity contribution in [3.05, 3.63) is 35.9 Å². The number of hydrogen-bond donors (Lipinski definition) is 1. The summed E-state index contributed by atoms with van der Waals surface area (Å²) in [5, 5.41) is 3.69. The summed E-state index contributed by atoms with van der Waals surface area (Å²) in [5.74, 6) is 0. The van der Waals surface area contributed by atoms with Crippen molar-refractivity contribution in [3.63, 3.8) is 0 Å². The second kappa shape index (κ2) is 8.34. The minimum atomic E-state index is 0.509. The predicted octanol–water partition coefficient (Wildman–Crippen LogP) is 3.60. The van der Waals surface area contributed by atoms with Gasteiger partial charge in [0.2, 0.25) is 0 Å². The minimum Gasteiger partial charge on any atom is -0.309 e. The predicted molar refractivity (Wildman–Crippen MR) is 82.4 cm³/mol. The van der Waals surface area contributed by atoms with Crippen LogP contribution in [0.15, 0.2) is 30.3 Å². The van der Waals surface area contributed by atoms with Crippen LogP contribution < -0.4 is 5.32 Å². The second-order valence-corrected chi connectivity index (χ2v) is 5.63. The highest BCUT2D eigenvalue weighted by atomic mass is 15.2. The van der Waals surface area contributed by atoms with Crippen LogP contribution in [-0.4, -0.2) is 31.1 Å². The summed E-state index contributed by atoms with van der Waals surface area (Å²) in [7, 11) is 0. The minimum absolute atomic E-state index is 0.509. The van der Waals surface area contributed by atoms with Crippen LogP contribution in [0.4, 0.5) is 0 Å². The summed E-state index contributed by atoms with van der Waals surface area (Å²) in [6.07, 6.45) is 6.73. The lowest BCUT2D eigenvalue weighted by Crippen LogP contribution is -2.32. The van der Waals surface area contributed by atoms with Gasteiger partial charge in [0.05, 0.1) is 0 Å². The van der Waals surface area contributed by atoms with Crippen molar-refractivity contribution in [2.45, 2.75) is 45.1 Å². The van der Waals surface area contributed by atoms with Crippen LogP contribution in [0.1, 0.15) is 50.6 Å². The fourth-order valence-corrected chi connectivity index (χ4v) is 2.87. The van der Waals surface area contributed by atoms with Crippen LogP contribution in [0.3, 0.4) is 0 Å². The average molecular weight is 260 g/mol. The molecule has 2 nitrogen and oxygen atoms in total. The molecule has 1 fully saturated rings. The van der Waals surface area contributed by atoms with E-state index >= 15 is 0 Å². The Bertz CT molecular complexity index is 336. The van der Waals surface area contributed by atoms with E-state index in [9.17, 15) is 0 Å². The quantitative estimate of drug-likeness (QED) is 0.786. The first kappa shape index (κ1) is 14.5. The Kier molecular flexibility index (Phi) is 6.38. The zero-order valence-electron chi connectivity index (χ0n) is 12.3. The summed E-state index contributed by atoms with van der Waals surface area (Å²) < 4.78 is 0. The number of hydrogen-bond acceptors (Lipinski definition) is 2. The first-order valence-corrected chi connectivity index (χ1v) is 7.91. The monoisotopic (exact) mass is 260 g/mol. The third-order valence-electron chi connectivity index (χ3n) is 4.01. The molecule has 1 aromatic carbocycles. The van der Waals surface area contributed by atoms with Gasteiger partial charge in [-0.25, -0.2) is 0 Å². The zero-order valence-corrected chi connectivity index (χ0v) is 12.3. The lowest BCUT2D eigenvalue weighted by atomic mass is 10.1. The molecule has 19 heavy (non-hydrogen) atoms. The van der Waals surface area contributed by atoms with Crippen molar-refractivity contribution >= 4 is 0 Å². The van der Waals surface area contributed by atoms with E-state index in [0.717, 1.165) is 13.1 Å². The van der Waals surface area contributed by atoms with Gasteiger partial charge < -0.3 is 10.2 Å². The van der Waals surface area contributed by atoms with Gasteiger partial charge in [-0.05, 0) is 38.0 Å². The molecule has 2 rings (SSSR count). The van der Waals surface area contributed by atoms with E-state index in [0.29, 0.717) is 6.04 Å². The molecule has 0 radical (unpaired) electrons. The summed E-state index contributed by atoms with van der Waals surface area (Å²) in [4.78, 5) is 2.65. The van der Waals surface area contributed by atoms with E-state index in [4.69, 9.17) is 0 Å². The molecule has 1 heterocycles. The van der Waals surface area contributed by atoms with Crippen LogP contribution in [0.5, 0.6) is 0 Å². The molecule has 0 spiro atoms. The molecular formula is C17H28N2. The van der Waals surface area contributed by atoms with Gasteiger partial charge in [-0.2, -0.15) is 0 Å². The van der Waals surface area contributed by atoms with Crippen molar-refractivity contribution < 1.29 is 0 Å². The molecule has 1 aromatic rings. The molecule has 0 aliphatic carbocycles. The molecule has 1 saturated heterocycles. The molecule has 0 aromatic heterocycles. The van der Waals surface area contributed by atoms with E-state index in [2.05, 4.69) is 47.5 Å². The van der Waals surface area contributed by atoms with Gasteiger partial charge >= 0.3 is 0 Å². The molecule has 0 amide bonds. The fraction of sp³-hybridized carbons (Fsp3) is 0.647. The van der Waals surface area contributed by atoms with Gasteiger partial charge in [0.1, 0.15) is 0 Å². The molecule has 1 aliphatic heterocycles. The fourth-order valence-electron chi connectivity index (χ4n) is 2.87. The molecule has 1 N–H and O–H groups in total. The van der Waals surface area contributed by atoms with Crippen molar-refractivity contribution in [1.82, 2.24) is 10.2 Å². The van der Waals surface area contributed by atoms with Crippen LogP contribution in [0, 0.1) is 0 Å². The number of rotatable bonds is 6. The smallest absolute Gasteiger partial charge is 0.0449 e. The Morgan fingerprint density at radius 1 is 1.16 bits per heavy atom. The van der Waals surface area contributed by atoms with Crippen molar-refractivity contribution in [1.29, 1.82) is 0 Å². The maximum absolute atomic E-state index is 3.69. The molecular weight excluding hydrogens is 232 g/mol. The van der Waals surface area contributed by atoms with Crippen molar-refractivity contribution in [3.8, 4) is 0 Å². The van der Waals surface area contributed by atoms with E-state index in [-0.39, 0.29) is 0 Å². The zero-order chi connectivity index (χ0) is 13.3. The molecule has 1 atom stereocenters. The van der Waals surface area contributed by atoms with Gasteiger partial charge in [-0.1, -0.05) is 56.5 Å². The van der Waals surface area contributed by atoms with Crippen molar-refractivity contribution in [2.75, 3.05) is 26.2 Å². The Morgan fingerprint density at radius 3 is 2.79 bits per heavy atom. The summed E-state index contributed by atoms with van der Waals surface area (Å²) >= 11 is 0. The first-order chi connectivity index (χ1) is 9.40. The summed E-state index contributed by atoms with van der Waals surface area (Å²) in [6, 6.07) is 11.4. The Morgan fingerprint density at radius 2 is 2.00 bits per heavy atom. The Labute approximate surface area is 118 Å². The lowest BCUT2D eigenvalue weighted by molar-refractivity contribution is 0.262. The summed E-state index contributed by atoms with van der Waals surface area (Å²) in [5.41, 5.74) is 1.43. The van der Waals surface area contributed by atoms with E-state index < -0.39 is 0 Å². The van der Waals surface area contributed by atoms with Crippen LogP contribution >= 0.6 is 0 Å². The highest BCUT2D eigenvalue weighted by molar-refractivity contribution is 5.19. The van der Waals surface area contributed by atoms with Crippen LogP contribution in [-0.2, 0) is 0 Å². The highest BCUT2D eigenvalue weighted by Crippen LogP contribution is 2.17. The van der Waals surface area contributed by atoms with Gasteiger partial charge in [0.25, 0.3) is 0 Å². The lowest BCUT2D eigenvalue weighted by Gasteiger charge is -2.24. The maximum atomic E-state index is 3.69. The molecule has 2 heteroatoms. The molecule has 0 bridgehead atoms. The maximum Gasteiger partial charge on any atom is 0.0449 e. The van der Waals surface area contributed by atoms with Crippen LogP contribution in [0.25, 0.3) is 0 Å². The Balaban J connectivity index is 1.84. The SMILES string of the molecule is CCCCCCN1CCCNC(c2ccccc2)C1. The number of nitrogens with zero attached hydrogens (tertiary/aromatic N) is 1. The van der Waals surface area contributed by atoms with Gasteiger partial charge in [-0.3, -0.25) is 0 Å². The summed E-state index contributed by atoms with van der Waals surface area (Å²) in [6.45, 7) is 7.11. The Hall–Kier alpha value is -0.860.